The van der Waals surface area contributed by atoms with Gasteiger partial charge in [0.2, 0.25) is 0 Å². The Bertz CT molecular complexity index is 1530. The minimum atomic E-state index is -5.08. The van der Waals surface area contributed by atoms with Crippen molar-refractivity contribution >= 4 is 29.3 Å². The van der Waals surface area contributed by atoms with Crippen molar-refractivity contribution in [1.82, 2.24) is 15.8 Å². The van der Waals surface area contributed by atoms with Crippen LogP contribution < -0.4 is 37.1 Å². The highest BCUT2D eigenvalue weighted by atomic mass is 19.4. The normalized spacial score (nSPS) is 11.7. The Morgan fingerprint density at radius 3 is 2.17 bits per heavy atom. The number of aliphatic carboxylic acids is 1. The maximum absolute atomic E-state index is 14.0. The van der Waals surface area contributed by atoms with Crippen LogP contribution in [0.15, 0.2) is 60.9 Å². The van der Waals surface area contributed by atoms with E-state index in [1.807, 2.05) is 20.8 Å². The molecule has 2 aromatic carbocycles. The van der Waals surface area contributed by atoms with Gasteiger partial charge in [-0.15, -0.1) is 0 Å². The number of carboxylic acid groups (broad SMARTS) is 1. The molecule has 0 radical (unpaired) electrons. The second kappa shape index (κ2) is 16.0. The summed E-state index contributed by atoms with van der Waals surface area (Å²) in [5.74, 6) is -4.34. The number of amides is 2. The molecule has 0 aliphatic rings. The van der Waals surface area contributed by atoms with E-state index in [-0.39, 0.29) is 18.0 Å². The van der Waals surface area contributed by atoms with Gasteiger partial charge in [0.05, 0.1) is 18.4 Å². The summed E-state index contributed by atoms with van der Waals surface area (Å²) in [6.07, 6.45) is -2.92. The zero-order valence-corrected chi connectivity index (χ0v) is 24.9. The summed E-state index contributed by atoms with van der Waals surface area (Å²) in [5, 5.41) is 17.8. The molecule has 3 rings (SSSR count). The fourth-order valence-corrected chi connectivity index (χ4v) is 3.39. The number of ether oxygens (including phenoxy) is 2. The van der Waals surface area contributed by atoms with E-state index in [4.69, 9.17) is 36.3 Å². The van der Waals surface area contributed by atoms with Crippen molar-refractivity contribution in [3.63, 3.8) is 0 Å². The first-order valence-electron chi connectivity index (χ1n) is 13.3. The molecule has 3 aromatic rings. The third kappa shape index (κ3) is 11.6. The topological polar surface area (TPSA) is 215 Å². The van der Waals surface area contributed by atoms with Gasteiger partial charge in [-0.3, -0.25) is 30.8 Å². The quantitative estimate of drug-likeness (QED) is 0.0695. The Labute approximate surface area is 260 Å². The summed E-state index contributed by atoms with van der Waals surface area (Å²) in [5.41, 5.74) is 16.8. The number of halogens is 4. The SMILES string of the molecule is CCOc1cc(C(Nc2ccc(C(=N)N)cc2)C(=O)NNC(=O)c2ccncc2F)ccc1OCC(C)(C)N.O=C(O)C(F)(F)F. The average Bonchev–Trinajstić information content (AvgIpc) is 2.98. The lowest BCUT2D eigenvalue weighted by molar-refractivity contribution is -0.192. The summed E-state index contributed by atoms with van der Waals surface area (Å²) in [6.45, 7) is 6.05. The van der Waals surface area contributed by atoms with Crippen molar-refractivity contribution in [3.8, 4) is 11.5 Å². The summed E-state index contributed by atoms with van der Waals surface area (Å²) >= 11 is 0. The summed E-state index contributed by atoms with van der Waals surface area (Å²) < 4.78 is 57.3. The summed E-state index contributed by atoms with van der Waals surface area (Å²) in [6, 6.07) is 11.7. The maximum Gasteiger partial charge on any atom is 0.490 e. The number of hydrazine groups is 1. The van der Waals surface area contributed by atoms with E-state index in [2.05, 4.69) is 21.2 Å². The van der Waals surface area contributed by atoms with Crippen molar-refractivity contribution in [2.45, 2.75) is 38.5 Å². The van der Waals surface area contributed by atoms with Crippen LogP contribution in [-0.4, -0.2) is 58.6 Å². The predicted octanol–water partition coefficient (Wildman–Crippen LogP) is 3.27. The van der Waals surface area contributed by atoms with Gasteiger partial charge in [0.15, 0.2) is 17.3 Å². The van der Waals surface area contributed by atoms with E-state index in [1.165, 1.54) is 12.3 Å². The molecule has 17 heteroatoms. The van der Waals surface area contributed by atoms with Gasteiger partial charge in [0.1, 0.15) is 18.5 Å². The van der Waals surface area contributed by atoms with Crippen LogP contribution in [0, 0.1) is 11.2 Å². The zero-order valence-electron chi connectivity index (χ0n) is 24.9. The second-order valence-corrected chi connectivity index (χ2v) is 10.1. The van der Waals surface area contributed by atoms with E-state index in [0.717, 1.165) is 6.20 Å². The second-order valence-electron chi connectivity index (χ2n) is 10.1. The Morgan fingerprint density at radius 1 is 1.02 bits per heavy atom. The molecule has 1 heterocycles. The molecular weight excluding hydrogens is 618 g/mol. The highest BCUT2D eigenvalue weighted by molar-refractivity contribution is 5.97. The fourth-order valence-electron chi connectivity index (χ4n) is 3.39. The summed E-state index contributed by atoms with van der Waals surface area (Å²) in [7, 11) is 0. The number of aromatic nitrogens is 1. The first kappa shape index (κ1) is 36.7. The Morgan fingerprint density at radius 2 is 1.65 bits per heavy atom. The Balaban J connectivity index is 0.000000942. The third-order valence-electron chi connectivity index (χ3n) is 5.53. The number of nitrogens with one attached hydrogen (secondary N) is 4. The lowest BCUT2D eigenvalue weighted by Gasteiger charge is -2.23. The lowest BCUT2D eigenvalue weighted by Crippen LogP contribution is -2.45. The standard InChI is InChI=1S/C27H32FN7O4.C2HF3O2/c1-4-38-22-13-17(7-10-21(22)39-15-27(2,3)31)23(33-18-8-5-16(6-9-18)24(29)30)26(37)35-34-25(36)19-11-12-32-14-20(19)28;3-2(4,5)1(6)7/h5-14,23,33H,4,15,31H2,1-3H3,(H3,29,30)(H,34,36)(H,35,37);(H,6,7). The molecule has 9 N–H and O–H groups in total. The molecule has 248 valence electrons. The minimum Gasteiger partial charge on any atom is -0.490 e. The number of rotatable bonds is 11. The highest BCUT2D eigenvalue weighted by Crippen LogP contribution is 2.32. The van der Waals surface area contributed by atoms with Crippen LogP contribution in [-0.2, 0) is 9.59 Å². The maximum atomic E-state index is 14.0. The molecule has 2 amide bonds. The molecule has 0 aliphatic carbocycles. The van der Waals surface area contributed by atoms with Crippen molar-refractivity contribution in [2.24, 2.45) is 11.5 Å². The number of amidine groups is 1. The molecule has 0 aliphatic heterocycles. The van der Waals surface area contributed by atoms with E-state index >= 15 is 0 Å². The number of pyridine rings is 1. The van der Waals surface area contributed by atoms with Gasteiger partial charge in [-0.05, 0) is 68.8 Å². The number of nitrogens with zero attached hydrogens (tertiary/aromatic N) is 1. The molecule has 0 fully saturated rings. The molecule has 0 saturated heterocycles. The monoisotopic (exact) mass is 651 g/mol. The molecule has 0 spiro atoms. The summed E-state index contributed by atoms with van der Waals surface area (Å²) in [4.78, 5) is 38.3. The van der Waals surface area contributed by atoms with Crippen LogP contribution in [0.25, 0.3) is 0 Å². The largest absolute Gasteiger partial charge is 0.490 e. The molecule has 1 unspecified atom stereocenters. The zero-order chi connectivity index (χ0) is 34.7. The molecular formula is C29H33F4N7O6. The van der Waals surface area contributed by atoms with Crippen LogP contribution >= 0.6 is 0 Å². The van der Waals surface area contributed by atoms with Crippen molar-refractivity contribution in [1.29, 1.82) is 5.41 Å². The number of hydrogen-bond donors (Lipinski definition) is 7. The number of alkyl halides is 3. The van der Waals surface area contributed by atoms with E-state index in [9.17, 15) is 27.2 Å². The van der Waals surface area contributed by atoms with Crippen LogP contribution in [0.1, 0.15) is 48.3 Å². The number of hydrogen-bond acceptors (Lipinski definition) is 9. The fraction of sp³-hybridized carbons (Fsp3) is 0.276. The molecule has 1 atom stereocenters. The van der Waals surface area contributed by atoms with Gasteiger partial charge < -0.3 is 31.4 Å². The first-order chi connectivity index (χ1) is 21.4. The van der Waals surface area contributed by atoms with Crippen LogP contribution in [0.4, 0.5) is 23.2 Å². The van der Waals surface area contributed by atoms with Crippen LogP contribution in [0.2, 0.25) is 0 Å². The molecule has 46 heavy (non-hydrogen) atoms. The number of carbonyl (C=O) groups is 3. The smallest absolute Gasteiger partial charge is 0.490 e. The third-order valence-corrected chi connectivity index (χ3v) is 5.53. The number of anilines is 1. The van der Waals surface area contributed by atoms with Gasteiger partial charge in [-0.1, -0.05) is 6.07 Å². The van der Waals surface area contributed by atoms with Gasteiger partial charge in [0.25, 0.3) is 11.8 Å². The number of nitrogen functional groups attached to an aromatic ring is 1. The van der Waals surface area contributed by atoms with Crippen LogP contribution in [0.3, 0.4) is 0 Å². The van der Waals surface area contributed by atoms with E-state index in [1.54, 1.807) is 42.5 Å². The van der Waals surface area contributed by atoms with E-state index in [0.29, 0.717) is 34.9 Å². The Kier molecular flexibility index (Phi) is 12.8. The Hall–Kier alpha value is -5.45. The number of nitrogens with two attached hydrogens (primary N) is 2. The van der Waals surface area contributed by atoms with Gasteiger partial charge in [0, 0.05) is 23.0 Å². The van der Waals surface area contributed by atoms with E-state index < -0.39 is 41.4 Å². The number of benzene rings is 2. The van der Waals surface area contributed by atoms with Gasteiger partial charge >= 0.3 is 12.1 Å². The van der Waals surface area contributed by atoms with Crippen molar-refractivity contribution in [2.75, 3.05) is 18.5 Å². The highest BCUT2D eigenvalue weighted by Gasteiger charge is 2.38. The van der Waals surface area contributed by atoms with Crippen LogP contribution in [0.5, 0.6) is 11.5 Å². The molecule has 1 aromatic heterocycles. The van der Waals surface area contributed by atoms with Gasteiger partial charge in [-0.2, -0.15) is 13.2 Å². The lowest BCUT2D eigenvalue weighted by atomic mass is 10.0. The average molecular weight is 652 g/mol. The number of carboxylic acids is 1. The van der Waals surface area contributed by atoms with Crippen molar-refractivity contribution < 1.29 is 46.5 Å². The molecule has 0 bridgehead atoms. The van der Waals surface area contributed by atoms with Crippen molar-refractivity contribution in [3.05, 3.63) is 83.4 Å². The molecule has 13 nitrogen and oxygen atoms in total. The molecule has 0 saturated carbocycles. The van der Waals surface area contributed by atoms with Gasteiger partial charge in [-0.25, -0.2) is 9.18 Å². The first-order valence-corrected chi connectivity index (χ1v) is 13.3. The minimum absolute atomic E-state index is 0.0977. The number of carbonyl (C=O) groups excluding carboxylic acids is 2. The predicted molar refractivity (Wildman–Crippen MR) is 159 cm³/mol.